The molecule has 4 bridgehead atoms. The highest BCUT2D eigenvalue weighted by Gasteiger charge is 2.95. The number of ether oxygens (including phenoxy) is 8. The summed E-state index contributed by atoms with van der Waals surface area (Å²) in [4.78, 5) is 14.6. The van der Waals surface area contributed by atoms with Gasteiger partial charge in [-0.3, -0.25) is 4.79 Å². The monoisotopic (exact) mass is 614 g/mol. The molecule has 0 aromatic rings. The fourth-order valence-electron chi connectivity index (χ4n) is 9.86. The Labute approximate surface area is 250 Å². The van der Waals surface area contributed by atoms with Crippen molar-refractivity contribution in [3.8, 4) is 0 Å². The van der Waals surface area contributed by atoms with Gasteiger partial charge in [-0.1, -0.05) is 41.5 Å². The highest BCUT2D eigenvalue weighted by atomic mass is 28.4. The topological polar surface area (TPSA) is 109 Å². The Morgan fingerprint density at radius 1 is 0.905 bits per heavy atom. The lowest BCUT2D eigenvalue weighted by Crippen LogP contribution is -2.87. The van der Waals surface area contributed by atoms with Crippen molar-refractivity contribution >= 4 is 14.5 Å². The molecular formula is C30H50O11Si. The second kappa shape index (κ2) is 9.20. The first-order valence-electron chi connectivity index (χ1n) is 15.1. The van der Waals surface area contributed by atoms with Crippen LogP contribution < -0.4 is 0 Å². The number of rotatable bonds is 7. The van der Waals surface area contributed by atoms with Crippen LogP contribution >= 0.6 is 0 Å². The molecule has 0 radical (unpaired) electrons. The molecule has 11 nitrogen and oxygen atoms in total. The number of esters is 1. The van der Waals surface area contributed by atoms with E-state index in [0.29, 0.717) is 6.42 Å². The van der Waals surface area contributed by atoms with Crippen molar-refractivity contribution in [2.24, 2.45) is 11.3 Å². The molecule has 0 unspecified atom stereocenters. The molecular weight excluding hydrogens is 564 g/mol. The maximum atomic E-state index is 14.6. The molecule has 6 rings (SSSR count). The first-order chi connectivity index (χ1) is 19.3. The van der Waals surface area contributed by atoms with Crippen LogP contribution in [0.5, 0.6) is 0 Å². The number of carbonyl (C=O) groups excluding carboxylic acids is 1. The van der Waals surface area contributed by atoms with E-state index >= 15 is 0 Å². The van der Waals surface area contributed by atoms with E-state index in [-0.39, 0.29) is 36.2 Å². The number of carbonyl (C=O) groups is 1. The smallest absolute Gasteiger partial charge is 0.349 e. The van der Waals surface area contributed by atoms with Gasteiger partial charge in [0, 0.05) is 30.2 Å². The van der Waals surface area contributed by atoms with E-state index in [4.69, 9.17) is 46.7 Å². The Bertz CT molecular complexity index is 1100. The predicted molar refractivity (Wildman–Crippen MR) is 151 cm³/mol. The molecule has 12 heteroatoms. The van der Waals surface area contributed by atoms with Gasteiger partial charge in [0.1, 0.15) is 37.0 Å². The van der Waals surface area contributed by atoms with E-state index in [1.807, 2.05) is 27.7 Å². The molecule has 2 spiro atoms. The highest BCUT2D eigenvalue weighted by molar-refractivity contribution is 6.73. The van der Waals surface area contributed by atoms with Crippen LogP contribution in [-0.2, 0) is 51.5 Å². The van der Waals surface area contributed by atoms with Crippen LogP contribution in [0.4, 0.5) is 0 Å². The zero-order valence-corrected chi connectivity index (χ0v) is 28.3. The van der Waals surface area contributed by atoms with Crippen LogP contribution in [0.2, 0.25) is 10.1 Å². The summed E-state index contributed by atoms with van der Waals surface area (Å²) in [6, 6.07) is 0. The molecule has 0 amide bonds. The number of hydrogen-bond donors (Lipinski definition) is 0. The van der Waals surface area contributed by atoms with Gasteiger partial charge in [-0.15, -0.1) is 0 Å². The quantitative estimate of drug-likeness (QED) is 0.181. The Kier molecular flexibility index (Phi) is 6.86. The summed E-state index contributed by atoms with van der Waals surface area (Å²) in [5.74, 6) is -1.66. The van der Waals surface area contributed by atoms with Crippen LogP contribution in [-0.4, -0.2) is 102 Å². The van der Waals surface area contributed by atoms with Crippen LogP contribution in [0, 0.1) is 11.3 Å². The molecule has 42 heavy (non-hydrogen) atoms. The number of fused-ring (bicyclic) bond motifs is 3. The molecule has 0 aromatic heterocycles. The Balaban J connectivity index is 1.64. The molecule has 4 aliphatic heterocycles. The average molecular weight is 615 g/mol. The van der Waals surface area contributed by atoms with Gasteiger partial charge >= 0.3 is 14.5 Å². The maximum Gasteiger partial charge on any atom is 0.349 e. The summed E-state index contributed by atoms with van der Waals surface area (Å²) in [5, 5.41) is -0.659. The fraction of sp³-hybridized carbons (Fsp3) is 0.967. The van der Waals surface area contributed by atoms with Gasteiger partial charge < -0.3 is 46.7 Å². The Morgan fingerprint density at radius 3 is 2.14 bits per heavy atom. The Hall–Kier alpha value is -0.673. The molecule has 6 aliphatic rings. The summed E-state index contributed by atoms with van der Waals surface area (Å²) in [5.41, 5.74) is -4.87. The molecule has 0 N–H and O–H groups in total. The highest BCUT2D eigenvalue weighted by Crippen LogP contribution is 2.76. The van der Waals surface area contributed by atoms with Crippen LogP contribution in [0.1, 0.15) is 75.7 Å². The van der Waals surface area contributed by atoms with Crippen molar-refractivity contribution in [3.63, 3.8) is 0 Å². The Morgan fingerprint density at radius 2 is 1.55 bits per heavy atom. The number of methoxy groups -OCH3 is 2. The summed E-state index contributed by atoms with van der Waals surface area (Å²) >= 11 is 0. The molecule has 2 saturated carbocycles. The van der Waals surface area contributed by atoms with Gasteiger partial charge in [-0.05, 0) is 34.1 Å². The van der Waals surface area contributed by atoms with Gasteiger partial charge in [0.15, 0.2) is 17.3 Å². The van der Waals surface area contributed by atoms with E-state index < -0.39 is 73.1 Å². The minimum atomic E-state index is -3.12. The standard InChI is InChI=1S/C30H50O11Si/c1-24(2,3)42(25(4,5)6)38-18-13-17-20(35-16-33-12)30(41-27(17,9)14-34-15-32-11)28(10)21(37-26(7,8)40-28)19-22(39-42)29(18,30)23(31)36-19/h17-22H,13-16H2,1-12H3/t17-,18-,19+,20-,21+,22+,27+,28+,29-,30+/m1/s1. The first-order valence-corrected chi connectivity index (χ1v) is 17.0. The molecule has 4 saturated heterocycles. The van der Waals surface area contributed by atoms with E-state index in [1.54, 1.807) is 14.2 Å². The zero-order valence-electron chi connectivity index (χ0n) is 27.3. The lowest BCUT2D eigenvalue weighted by Gasteiger charge is -2.68. The van der Waals surface area contributed by atoms with Crippen molar-refractivity contribution in [3.05, 3.63) is 0 Å². The molecule has 4 heterocycles. The van der Waals surface area contributed by atoms with E-state index in [9.17, 15) is 4.79 Å². The molecule has 240 valence electrons. The third kappa shape index (κ3) is 3.51. The van der Waals surface area contributed by atoms with Crippen LogP contribution in [0.25, 0.3) is 0 Å². The van der Waals surface area contributed by atoms with Crippen molar-refractivity contribution in [2.75, 3.05) is 34.4 Å². The maximum absolute atomic E-state index is 14.6. The van der Waals surface area contributed by atoms with E-state index in [0.717, 1.165) is 0 Å². The first kappa shape index (κ1) is 31.3. The van der Waals surface area contributed by atoms with E-state index in [2.05, 4.69) is 41.5 Å². The summed E-state index contributed by atoms with van der Waals surface area (Å²) in [7, 11) is 0.0461. The van der Waals surface area contributed by atoms with Gasteiger partial charge in [-0.2, -0.15) is 0 Å². The second-order valence-corrected chi connectivity index (χ2v) is 20.6. The second-order valence-electron chi connectivity index (χ2n) is 15.9. The lowest BCUT2D eigenvalue weighted by atomic mass is 9.46. The summed E-state index contributed by atoms with van der Waals surface area (Å²) in [6.07, 6.45) is -2.82. The van der Waals surface area contributed by atoms with Gasteiger partial charge in [-0.25, -0.2) is 0 Å². The predicted octanol–water partition coefficient (Wildman–Crippen LogP) is 3.81. The third-order valence-corrected chi connectivity index (χ3v) is 16.0. The summed E-state index contributed by atoms with van der Waals surface area (Å²) < 4.78 is 65.3. The van der Waals surface area contributed by atoms with Gasteiger partial charge in [0.25, 0.3) is 0 Å². The largest absolute Gasteiger partial charge is 0.456 e. The van der Waals surface area contributed by atoms with Crippen molar-refractivity contribution in [1.29, 1.82) is 0 Å². The van der Waals surface area contributed by atoms with Crippen molar-refractivity contribution in [2.45, 2.75) is 139 Å². The summed E-state index contributed by atoms with van der Waals surface area (Å²) in [6.45, 7) is 21.1. The van der Waals surface area contributed by atoms with Crippen molar-refractivity contribution in [1.82, 2.24) is 0 Å². The van der Waals surface area contributed by atoms with E-state index in [1.165, 1.54) is 0 Å². The normalized spacial score (nSPS) is 48.1. The minimum Gasteiger partial charge on any atom is -0.456 e. The molecule has 6 fully saturated rings. The molecule has 10 atom stereocenters. The number of hydrogen-bond acceptors (Lipinski definition) is 11. The van der Waals surface area contributed by atoms with Gasteiger partial charge in [0.2, 0.25) is 0 Å². The van der Waals surface area contributed by atoms with Crippen LogP contribution in [0.15, 0.2) is 0 Å². The SMILES string of the molecule is COCOC[C@]1(C)O[C@]23[C@H](OCOC)[C@H]1C[C@H]1O[Si](C(C)(C)C)(C(C)(C)C)O[C@H]4[C@@H](OC(=O)[C@@]142)[C@@H]1OC(C)(C)O[C@@]13C. The minimum absolute atomic E-state index is 0.000551. The van der Waals surface area contributed by atoms with Gasteiger partial charge in [0.05, 0.1) is 24.4 Å². The average Bonchev–Trinajstić information content (AvgIpc) is 3.35. The lowest BCUT2D eigenvalue weighted by molar-refractivity contribution is -0.344. The van der Waals surface area contributed by atoms with Crippen molar-refractivity contribution < 1.29 is 51.5 Å². The van der Waals surface area contributed by atoms with Crippen LogP contribution in [0.3, 0.4) is 0 Å². The molecule has 2 aliphatic carbocycles. The molecule has 0 aromatic carbocycles. The fourth-order valence-corrected chi connectivity index (χ4v) is 14.9. The zero-order chi connectivity index (χ0) is 30.9. The third-order valence-electron chi connectivity index (χ3n) is 10.8.